The predicted molar refractivity (Wildman–Crippen MR) is 119 cm³/mol. The minimum Gasteiger partial charge on any atom is -0.337 e. The summed E-state index contributed by atoms with van der Waals surface area (Å²) in [6, 6.07) is 12.0. The molecule has 1 atom stereocenters. The Balaban J connectivity index is 0.00000256. The number of fused-ring (bicyclic) bond motifs is 1. The summed E-state index contributed by atoms with van der Waals surface area (Å²) in [7, 11) is 3.91. The third-order valence-electron chi connectivity index (χ3n) is 5.81. The van der Waals surface area contributed by atoms with Gasteiger partial charge in [-0.1, -0.05) is 19.6 Å². The summed E-state index contributed by atoms with van der Waals surface area (Å²) >= 11 is 0. The monoisotopic (exact) mass is 409 g/mol. The van der Waals surface area contributed by atoms with Crippen molar-refractivity contribution >= 4 is 16.7 Å². The number of aromatic amines is 1. The number of carbonyl (C=O) groups excluding carboxylic acids is 1. The summed E-state index contributed by atoms with van der Waals surface area (Å²) < 4.78 is 13.6. The van der Waals surface area contributed by atoms with Crippen LogP contribution in [0.2, 0.25) is 0 Å². The van der Waals surface area contributed by atoms with Crippen molar-refractivity contribution in [1.82, 2.24) is 14.8 Å². The second-order valence-electron chi connectivity index (χ2n) is 7.89. The third kappa shape index (κ3) is 4.00. The van der Waals surface area contributed by atoms with Crippen molar-refractivity contribution < 1.29 is 9.18 Å². The van der Waals surface area contributed by atoms with Crippen LogP contribution >= 0.6 is 0 Å². The zero-order valence-electron chi connectivity index (χ0n) is 16.8. The minimum absolute atomic E-state index is 0. The van der Waals surface area contributed by atoms with E-state index >= 15 is 0 Å². The van der Waals surface area contributed by atoms with Crippen molar-refractivity contribution in [3.63, 3.8) is 0 Å². The van der Waals surface area contributed by atoms with Gasteiger partial charge in [0.05, 0.1) is 5.39 Å². The molecule has 1 aliphatic heterocycles. The molecule has 4 rings (SSSR count). The first-order valence-corrected chi connectivity index (χ1v) is 9.73. The Bertz CT molecular complexity index is 1140. The molecule has 2 heterocycles. The van der Waals surface area contributed by atoms with Gasteiger partial charge in [0.1, 0.15) is 5.82 Å². The maximum atomic E-state index is 13.6. The van der Waals surface area contributed by atoms with Crippen molar-refractivity contribution in [3.8, 4) is 11.3 Å². The molecule has 1 aliphatic rings. The molecule has 30 heavy (non-hydrogen) atoms. The molecule has 3 aromatic rings. The number of benzene rings is 2. The fourth-order valence-corrected chi connectivity index (χ4v) is 4.05. The van der Waals surface area contributed by atoms with Crippen LogP contribution in [-0.4, -0.2) is 53.9 Å². The average Bonchev–Trinajstić information content (AvgIpc) is 3.14. The summed E-state index contributed by atoms with van der Waals surface area (Å²) in [4.78, 5) is 32.1. The van der Waals surface area contributed by atoms with E-state index < -0.39 is 5.82 Å². The lowest BCUT2D eigenvalue weighted by Crippen LogP contribution is -2.38. The van der Waals surface area contributed by atoms with E-state index in [1.54, 1.807) is 19.1 Å². The predicted octanol–water partition coefficient (Wildman–Crippen LogP) is 4.05. The smallest absolute Gasteiger partial charge is 0.256 e. The maximum absolute atomic E-state index is 13.6. The second-order valence-corrected chi connectivity index (χ2v) is 7.89. The first kappa shape index (κ1) is 21.7. The largest absolute Gasteiger partial charge is 0.337 e. The number of halogens is 1. The van der Waals surface area contributed by atoms with E-state index in [2.05, 4.69) is 16.9 Å². The molecule has 0 aliphatic carbocycles. The number of carbonyl (C=O) groups is 1. The Morgan fingerprint density at radius 3 is 2.50 bits per heavy atom. The molecule has 6 heteroatoms. The van der Waals surface area contributed by atoms with Gasteiger partial charge in [-0.2, -0.15) is 0 Å². The lowest BCUT2D eigenvalue weighted by molar-refractivity contribution is 0.0737. The molecule has 0 spiro atoms. The van der Waals surface area contributed by atoms with Crippen LogP contribution < -0.4 is 5.56 Å². The van der Waals surface area contributed by atoms with Gasteiger partial charge in [-0.25, -0.2) is 4.39 Å². The molecule has 1 unspecified atom stereocenters. The molecule has 5 nitrogen and oxygen atoms in total. The number of aromatic nitrogens is 1. The molecule has 1 fully saturated rings. The standard InChI is InChI=1S/C23H24FN3O2.CH4/c1-14-10-17(24)11-20-19(14)12-21(25-22(20)28)15-4-6-16(7-5-15)23(29)27(3)18-8-9-26(2)13-18;/h4-7,10-12,18H,8-9,13H2,1-3H3,(H,25,28);1H4. The topological polar surface area (TPSA) is 56.4 Å². The highest BCUT2D eigenvalue weighted by Crippen LogP contribution is 2.24. The van der Waals surface area contributed by atoms with Crippen molar-refractivity contribution in [2.45, 2.75) is 26.8 Å². The van der Waals surface area contributed by atoms with Crippen LogP contribution in [0.25, 0.3) is 22.0 Å². The summed E-state index contributed by atoms with van der Waals surface area (Å²) in [5, 5.41) is 1.05. The SMILES string of the molecule is C.Cc1cc(F)cc2c(=O)[nH]c(-c3ccc(C(=O)N(C)C4CCN(C)C4)cc3)cc12. The van der Waals surface area contributed by atoms with E-state index in [-0.39, 0.29) is 24.9 Å². The van der Waals surface area contributed by atoms with E-state index in [0.29, 0.717) is 22.2 Å². The maximum Gasteiger partial charge on any atom is 0.256 e. The number of likely N-dealkylation sites (tertiary alicyclic amines) is 1. The first-order valence-electron chi connectivity index (χ1n) is 9.73. The molecule has 1 aromatic heterocycles. The van der Waals surface area contributed by atoms with Crippen LogP contribution in [0.1, 0.15) is 29.8 Å². The fourth-order valence-electron chi connectivity index (χ4n) is 4.05. The molecular weight excluding hydrogens is 381 g/mol. The van der Waals surface area contributed by atoms with Gasteiger partial charge in [-0.15, -0.1) is 0 Å². The van der Waals surface area contributed by atoms with Crippen molar-refractivity contribution in [2.24, 2.45) is 0 Å². The van der Waals surface area contributed by atoms with E-state index in [0.717, 1.165) is 30.5 Å². The number of nitrogens with one attached hydrogen (secondary N) is 1. The van der Waals surface area contributed by atoms with Crippen LogP contribution in [0.4, 0.5) is 4.39 Å². The van der Waals surface area contributed by atoms with Gasteiger partial charge in [-0.3, -0.25) is 9.59 Å². The molecule has 1 N–H and O–H groups in total. The van der Waals surface area contributed by atoms with Crippen LogP contribution in [0.3, 0.4) is 0 Å². The Kier molecular flexibility index (Phi) is 6.08. The van der Waals surface area contributed by atoms with E-state index in [9.17, 15) is 14.0 Å². The van der Waals surface area contributed by atoms with E-state index in [1.165, 1.54) is 12.1 Å². The van der Waals surface area contributed by atoms with Crippen LogP contribution in [0.15, 0.2) is 47.3 Å². The van der Waals surface area contributed by atoms with E-state index in [4.69, 9.17) is 0 Å². The van der Waals surface area contributed by atoms with Gasteiger partial charge in [-0.05, 0) is 73.8 Å². The average molecular weight is 410 g/mol. The number of H-pyrrole nitrogens is 1. The van der Waals surface area contributed by atoms with Crippen molar-refractivity contribution in [3.05, 3.63) is 69.8 Å². The molecule has 0 bridgehead atoms. The quantitative estimate of drug-likeness (QED) is 0.710. The van der Waals surface area contributed by atoms with Crippen LogP contribution in [0, 0.1) is 12.7 Å². The fraction of sp³-hybridized carbons (Fsp3) is 0.333. The molecule has 2 aromatic carbocycles. The van der Waals surface area contributed by atoms with Gasteiger partial charge in [0.15, 0.2) is 0 Å². The Morgan fingerprint density at radius 2 is 1.87 bits per heavy atom. The Hall–Kier alpha value is -2.99. The second kappa shape index (κ2) is 8.40. The minimum atomic E-state index is -0.423. The number of pyridine rings is 1. The van der Waals surface area contributed by atoms with Gasteiger partial charge in [0, 0.05) is 30.9 Å². The lowest BCUT2D eigenvalue weighted by atomic mass is 10.0. The van der Waals surface area contributed by atoms with Gasteiger partial charge in [0.2, 0.25) is 0 Å². The number of hydrogen-bond donors (Lipinski definition) is 1. The van der Waals surface area contributed by atoms with Gasteiger partial charge >= 0.3 is 0 Å². The number of amides is 1. The summed E-state index contributed by atoms with van der Waals surface area (Å²) in [6.07, 6.45) is 0.981. The number of hydrogen-bond acceptors (Lipinski definition) is 3. The molecule has 158 valence electrons. The highest BCUT2D eigenvalue weighted by molar-refractivity contribution is 5.95. The Morgan fingerprint density at radius 1 is 1.17 bits per heavy atom. The number of likely N-dealkylation sites (N-methyl/N-ethyl adjacent to an activating group) is 2. The summed E-state index contributed by atoms with van der Waals surface area (Å²) in [5.41, 5.74) is 2.44. The van der Waals surface area contributed by atoms with Gasteiger partial charge < -0.3 is 14.8 Å². The van der Waals surface area contributed by atoms with Crippen LogP contribution in [-0.2, 0) is 0 Å². The van der Waals surface area contributed by atoms with E-state index in [1.807, 2.05) is 30.1 Å². The molecule has 1 saturated heterocycles. The van der Waals surface area contributed by atoms with Crippen molar-refractivity contribution in [2.75, 3.05) is 27.2 Å². The molecule has 0 saturated carbocycles. The van der Waals surface area contributed by atoms with Crippen LogP contribution in [0.5, 0.6) is 0 Å². The summed E-state index contributed by atoms with van der Waals surface area (Å²) in [5.74, 6) is -0.427. The van der Waals surface area contributed by atoms with Gasteiger partial charge in [0.25, 0.3) is 11.5 Å². The molecule has 0 radical (unpaired) electrons. The highest BCUT2D eigenvalue weighted by atomic mass is 19.1. The third-order valence-corrected chi connectivity index (χ3v) is 5.81. The lowest BCUT2D eigenvalue weighted by Gasteiger charge is -2.24. The normalized spacial score (nSPS) is 16.5. The zero-order valence-corrected chi connectivity index (χ0v) is 16.8. The zero-order chi connectivity index (χ0) is 20.7. The summed E-state index contributed by atoms with van der Waals surface area (Å²) in [6.45, 7) is 3.67. The number of rotatable bonds is 3. The number of nitrogens with zero attached hydrogens (tertiary/aromatic N) is 2. The molecular formula is C24H28FN3O2. The number of aryl methyl sites for hydroxylation is 1. The molecule has 1 amide bonds. The first-order chi connectivity index (χ1) is 13.8. The highest BCUT2D eigenvalue weighted by Gasteiger charge is 2.26. The Labute approximate surface area is 176 Å². The van der Waals surface area contributed by atoms with Crippen molar-refractivity contribution in [1.29, 1.82) is 0 Å².